The summed E-state index contributed by atoms with van der Waals surface area (Å²) in [5.74, 6) is -0.0412. The van der Waals surface area contributed by atoms with Gasteiger partial charge in [-0.15, -0.1) is 0 Å². The Kier molecular flexibility index (Phi) is 3.70. The van der Waals surface area contributed by atoms with E-state index in [1.54, 1.807) is 29.4 Å². The van der Waals surface area contributed by atoms with Crippen molar-refractivity contribution in [2.45, 2.75) is 6.92 Å². The smallest absolute Gasteiger partial charge is 0.185 e. The molecule has 5 heteroatoms. The highest BCUT2D eigenvalue weighted by molar-refractivity contribution is 6.06. The molecule has 2 aromatic heterocycles. The van der Waals surface area contributed by atoms with E-state index in [1.165, 1.54) is 0 Å². The van der Waals surface area contributed by atoms with Gasteiger partial charge < -0.3 is 4.57 Å². The van der Waals surface area contributed by atoms with Crippen molar-refractivity contribution in [2.24, 2.45) is 7.05 Å². The van der Waals surface area contributed by atoms with Crippen LogP contribution in [0, 0.1) is 6.92 Å². The number of ketones is 1. The summed E-state index contributed by atoms with van der Waals surface area (Å²) in [5.41, 5.74) is 3.45. The van der Waals surface area contributed by atoms with Crippen molar-refractivity contribution in [1.29, 1.82) is 0 Å². The van der Waals surface area contributed by atoms with Gasteiger partial charge in [-0.05, 0) is 49.4 Å². The fraction of sp³-hybridized carbons (Fsp3) is 0.118. The minimum absolute atomic E-state index is 0.0412. The van der Waals surface area contributed by atoms with E-state index < -0.39 is 0 Å². The molecule has 3 rings (SSSR count). The minimum atomic E-state index is -0.0412. The summed E-state index contributed by atoms with van der Waals surface area (Å²) in [6, 6.07) is 9.35. The molecule has 0 spiro atoms. The molecule has 0 fully saturated rings. The van der Waals surface area contributed by atoms with E-state index in [0.717, 1.165) is 17.1 Å². The van der Waals surface area contributed by atoms with E-state index >= 15 is 0 Å². The van der Waals surface area contributed by atoms with Gasteiger partial charge in [0.05, 0.1) is 12.0 Å². The molecular weight excluding hydrogens is 276 g/mol. The first-order valence-corrected chi connectivity index (χ1v) is 6.95. The lowest BCUT2D eigenvalue weighted by atomic mass is 10.1. The highest BCUT2D eigenvalue weighted by Crippen LogP contribution is 2.11. The number of nitrogens with zero attached hydrogens (tertiary/aromatic N) is 4. The first-order chi connectivity index (χ1) is 10.6. The average Bonchev–Trinajstić information content (AvgIpc) is 3.16. The number of imidazole rings is 1. The first-order valence-electron chi connectivity index (χ1n) is 6.95. The van der Waals surface area contributed by atoms with Crippen molar-refractivity contribution >= 4 is 11.9 Å². The number of carbonyl (C=O) groups is 1. The molecule has 0 bridgehead atoms. The van der Waals surface area contributed by atoms with Crippen LogP contribution in [0.5, 0.6) is 0 Å². The number of allylic oxidation sites excluding steroid dienone is 1. The molecule has 0 saturated carbocycles. The van der Waals surface area contributed by atoms with Crippen molar-refractivity contribution in [1.82, 2.24) is 19.3 Å². The molecular formula is C17H16N4O. The lowest BCUT2D eigenvalue weighted by Crippen LogP contribution is -1.96. The summed E-state index contributed by atoms with van der Waals surface area (Å²) in [7, 11) is 1.88. The monoisotopic (exact) mass is 292 g/mol. The highest BCUT2D eigenvalue weighted by atomic mass is 16.1. The summed E-state index contributed by atoms with van der Waals surface area (Å²) >= 11 is 0. The zero-order valence-corrected chi connectivity index (χ0v) is 12.5. The maximum atomic E-state index is 12.2. The van der Waals surface area contributed by atoms with Gasteiger partial charge in [0.15, 0.2) is 5.78 Å². The molecule has 110 valence electrons. The van der Waals surface area contributed by atoms with Crippen molar-refractivity contribution in [3.8, 4) is 5.69 Å². The van der Waals surface area contributed by atoms with Crippen LogP contribution >= 0.6 is 0 Å². The fourth-order valence-corrected chi connectivity index (χ4v) is 2.14. The molecule has 1 aromatic carbocycles. The fourth-order valence-electron chi connectivity index (χ4n) is 2.14. The van der Waals surface area contributed by atoms with E-state index in [2.05, 4.69) is 10.1 Å². The van der Waals surface area contributed by atoms with Gasteiger partial charge in [0.1, 0.15) is 0 Å². The van der Waals surface area contributed by atoms with Crippen LogP contribution in [0.15, 0.2) is 55.1 Å². The Morgan fingerprint density at radius 3 is 2.59 bits per heavy atom. The average molecular weight is 292 g/mol. The van der Waals surface area contributed by atoms with Gasteiger partial charge in [-0.2, -0.15) is 5.10 Å². The predicted octanol–water partition coefficient (Wildman–Crippen LogP) is 2.81. The lowest BCUT2D eigenvalue weighted by Gasteiger charge is -2.02. The van der Waals surface area contributed by atoms with Crippen LogP contribution in [0.3, 0.4) is 0 Å². The van der Waals surface area contributed by atoms with Crippen LogP contribution in [0.2, 0.25) is 0 Å². The zero-order valence-electron chi connectivity index (χ0n) is 12.5. The maximum Gasteiger partial charge on any atom is 0.185 e. The van der Waals surface area contributed by atoms with E-state index in [9.17, 15) is 4.79 Å². The minimum Gasteiger partial charge on any atom is -0.306 e. The van der Waals surface area contributed by atoms with Gasteiger partial charge in [-0.25, -0.2) is 4.98 Å². The number of benzene rings is 1. The number of carbonyl (C=O) groups excluding carboxylic acids is 1. The van der Waals surface area contributed by atoms with Gasteiger partial charge >= 0.3 is 0 Å². The second kappa shape index (κ2) is 5.81. The number of hydrogen-bond acceptors (Lipinski definition) is 3. The van der Waals surface area contributed by atoms with E-state index in [0.29, 0.717) is 5.56 Å². The van der Waals surface area contributed by atoms with Gasteiger partial charge in [0.25, 0.3) is 0 Å². The van der Waals surface area contributed by atoms with Gasteiger partial charge in [0.2, 0.25) is 0 Å². The third-order valence-electron chi connectivity index (χ3n) is 3.49. The van der Waals surface area contributed by atoms with Crippen LogP contribution in [0.4, 0.5) is 0 Å². The van der Waals surface area contributed by atoms with Crippen molar-refractivity contribution in [3.05, 3.63) is 72.1 Å². The van der Waals surface area contributed by atoms with Crippen LogP contribution in [0.25, 0.3) is 11.8 Å². The van der Waals surface area contributed by atoms with Crippen molar-refractivity contribution in [2.75, 3.05) is 0 Å². The normalized spacial score (nSPS) is 11.2. The Morgan fingerprint density at radius 1 is 1.23 bits per heavy atom. The second-order valence-electron chi connectivity index (χ2n) is 5.05. The Balaban J connectivity index is 1.75. The molecule has 0 radical (unpaired) electrons. The largest absolute Gasteiger partial charge is 0.306 e. The van der Waals surface area contributed by atoms with Gasteiger partial charge in [-0.1, -0.05) is 0 Å². The SMILES string of the molecule is Cc1cc(/C=C/C(=O)c2ccc(-n3ccnc3)cc2)nn1C. The van der Waals surface area contributed by atoms with Crippen LogP contribution < -0.4 is 0 Å². The Labute approximate surface area is 128 Å². The van der Waals surface area contributed by atoms with E-state index in [-0.39, 0.29) is 5.78 Å². The molecule has 0 aliphatic heterocycles. The molecule has 3 aromatic rings. The summed E-state index contributed by atoms with van der Waals surface area (Å²) in [4.78, 5) is 16.2. The standard InChI is InChI=1S/C17H16N4O/c1-13-11-15(19-20(13)2)5-8-17(22)14-3-6-16(7-4-14)21-10-9-18-12-21/h3-12H,1-2H3/b8-5+. The number of aryl methyl sites for hydroxylation is 2. The zero-order chi connectivity index (χ0) is 15.5. The Hall–Kier alpha value is -2.95. The molecule has 0 atom stereocenters. The number of aromatic nitrogens is 4. The quantitative estimate of drug-likeness (QED) is 0.549. The Bertz CT molecular complexity index is 791. The van der Waals surface area contributed by atoms with Gasteiger partial charge in [-0.3, -0.25) is 9.48 Å². The molecule has 0 aliphatic rings. The molecule has 0 amide bonds. The molecule has 0 unspecified atom stereocenters. The van der Waals surface area contributed by atoms with Crippen molar-refractivity contribution in [3.63, 3.8) is 0 Å². The van der Waals surface area contributed by atoms with Crippen LogP contribution in [-0.2, 0) is 7.05 Å². The maximum absolute atomic E-state index is 12.2. The summed E-state index contributed by atoms with van der Waals surface area (Å²) in [6.45, 7) is 1.97. The summed E-state index contributed by atoms with van der Waals surface area (Å²) in [6.07, 6.45) is 8.59. The highest BCUT2D eigenvalue weighted by Gasteiger charge is 2.03. The number of rotatable bonds is 4. The third kappa shape index (κ3) is 2.88. The summed E-state index contributed by atoms with van der Waals surface area (Å²) in [5, 5.41) is 4.29. The molecule has 0 saturated heterocycles. The Morgan fingerprint density at radius 2 is 2.00 bits per heavy atom. The number of hydrogen-bond donors (Lipinski definition) is 0. The van der Waals surface area contributed by atoms with Crippen molar-refractivity contribution < 1.29 is 4.79 Å². The molecule has 22 heavy (non-hydrogen) atoms. The third-order valence-corrected chi connectivity index (χ3v) is 3.49. The summed E-state index contributed by atoms with van der Waals surface area (Å²) < 4.78 is 3.67. The predicted molar refractivity (Wildman–Crippen MR) is 84.9 cm³/mol. The molecule has 0 N–H and O–H groups in total. The second-order valence-corrected chi connectivity index (χ2v) is 5.05. The topological polar surface area (TPSA) is 52.7 Å². The van der Waals surface area contributed by atoms with E-state index in [4.69, 9.17) is 0 Å². The van der Waals surface area contributed by atoms with Crippen LogP contribution in [0.1, 0.15) is 21.7 Å². The van der Waals surface area contributed by atoms with Crippen LogP contribution in [-0.4, -0.2) is 25.1 Å². The molecule has 2 heterocycles. The lowest BCUT2D eigenvalue weighted by molar-refractivity contribution is 0.104. The molecule has 5 nitrogen and oxygen atoms in total. The molecule has 0 aliphatic carbocycles. The first kappa shape index (κ1) is 14.0. The van der Waals surface area contributed by atoms with E-state index in [1.807, 2.05) is 55.1 Å². The van der Waals surface area contributed by atoms with Gasteiger partial charge in [0, 0.05) is 36.4 Å².